The third-order valence-corrected chi connectivity index (χ3v) is 7.32. The molecular formula is C27H33FN6OS. The molecule has 0 aliphatic carbocycles. The van der Waals surface area contributed by atoms with Crippen LogP contribution in [0, 0.1) is 5.82 Å². The Morgan fingerprint density at radius 2 is 1.81 bits per heavy atom. The number of aryl methyl sites for hydroxylation is 1. The number of nitrogens with zero attached hydrogens (tertiary/aromatic N) is 4. The predicted octanol–water partition coefficient (Wildman–Crippen LogP) is 3.76. The summed E-state index contributed by atoms with van der Waals surface area (Å²) in [7, 11) is 0. The number of nitrogens with one attached hydrogen (secondary N) is 2. The van der Waals surface area contributed by atoms with Gasteiger partial charge in [0.25, 0.3) is 5.56 Å². The predicted molar refractivity (Wildman–Crippen MR) is 147 cm³/mol. The highest BCUT2D eigenvalue weighted by atomic mass is 32.1. The third-order valence-electron chi connectivity index (χ3n) is 7.07. The van der Waals surface area contributed by atoms with Gasteiger partial charge in [-0.1, -0.05) is 6.42 Å². The second kappa shape index (κ2) is 11.3. The van der Waals surface area contributed by atoms with Gasteiger partial charge in [-0.2, -0.15) is 0 Å². The van der Waals surface area contributed by atoms with Crippen molar-refractivity contribution in [3.05, 3.63) is 64.5 Å². The van der Waals surface area contributed by atoms with Crippen LogP contribution in [0.4, 0.5) is 15.8 Å². The first-order valence-electron chi connectivity index (χ1n) is 12.9. The van der Waals surface area contributed by atoms with Crippen molar-refractivity contribution >= 4 is 39.6 Å². The molecule has 2 aliphatic rings. The highest BCUT2D eigenvalue weighted by Gasteiger charge is 2.17. The number of aromatic nitrogens is 2. The van der Waals surface area contributed by atoms with E-state index in [9.17, 15) is 9.18 Å². The summed E-state index contributed by atoms with van der Waals surface area (Å²) >= 11 is 5.49. The number of thiocarbonyl (C=S) groups is 1. The van der Waals surface area contributed by atoms with Gasteiger partial charge < -0.3 is 15.5 Å². The normalized spacial score (nSPS) is 16.4. The molecule has 0 spiro atoms. The highest BCUT2D eigenvalue weighted by Crippen LogP contribution is 2.19. The summed E-state index contributed by atoms with van der Waals surface area (Å²) in [6.07, 6.45) is 5.09. The van der Waals surface area contributed by atoms with Gasteiger partial charge in [0.2, 0.25) is 0 Å². The summed E-state index contributed by atoms with van der Waals surface area (Å²) in [5, 5.41) is 7.68. The Morgan fingerprint density at radius 3 is 2.61 bits per heavy atom. The SMILES string of the molecule is O=c1c2cc(NC(=S)NCCCN3CCN(c4ccc(F)cc4)CC3)ccc2nc2n1CCCCC2. The lowest BCUT2D eigenvalue weighted by Crippen LogP contribution is -2.47. The molecule has 7 nitrogen and oxygen atoms in total. The summed E-state index contributed by atoms with van der Waals surface area (Å²) in [5.74, 6) is 0.706. The standard InChI is InChI=1S/C27H33FN6OS/c28-20-6-9-22(10-7-20)33-17-15-32(16-18-33)13-4-12-29-27(36)30-21-8-11-24-23(19-21)26(35)34-14-3-1-2-5-25(34)31-24/h6-11,19H,1-5,12-18H2,(H2,29,30,36). The minimum Gasteiger partial charge on any atom is -0.369 e. The number of hydrogen-bond donors (Lipinski definition) is 2. The zero-order valence-electron chi connectivity index (χ0n) is 20.5. The molecule has 9 heteroatoms. The summed E-state index contributed by atoms with van der Waals surface area (Å²) in [5.41, 5.74) is 2.66. The third kappa shape index (κ3) is 5.84. The van der Waals surface area contributed by atoms with Crippen LogP contribution in [0.25, 0.3) is 10.9 Å². The topological polar surface area (TPSA) is 65.4 Å². The second-order valence-electron chi connectivity index (χ2n) is 9.57. The van der Waals surface area contributed by atoms with Gasteiger partial charge in [-0.05, 0) is 80.5 Å². The monoisotopic (exact) mass is 508 g/mol. The number of rotatable bonds is 6. The van der Waals surface area contributed by atoms with Gasteiger partial charge in [0.05, 0.1) is 10.9 Å². The fourth-order valence-corrected chi connectivity index (χ4v) is 5.28. The molecule has 0 saturated carbocycles. The van der Waals surface area contributed by atoms with Gasteiger partial charge in [-0.3, -0.25) is 14.3 Å². The molecule has 0 bridgehead atoms. The number of anilines is 2. The van der Waals surface area contributed by atoms with Gasteiger partial charge >= 0.3 is 0 Å². The van der Waals surface area contributed by atoms with Crippen LogP contribution in [-0.2, 0) is 13.0 Å². The van der Waals surface area contributed by atoms with E-state index >= 15 is 0 Å². The summed E-state index contributed by atoms with van der Waals surface area (Å²) in [4.78, 5) is 22.6. The van der Waals surface area contributed by atoms with Crippen molar-refractivity contribution in [3.63, 3.8) is 0 Å². The second-order valence-corrected chi connectivity index (χ2v) is 9.98. The first-order chi connectivity index (χ1) is 17.6. The maximum atomic E-state index is 13.2. The van der Waals surface area contributed by atoms with E-state index in [0.29, 0.717) is 10.5 Å². The Hall–Kier alpha value is -3.04. The summed E-state index contributed by atoms with van der Waals surface area (Å²) < 4.78 is 15.0. The van der Waals surface area contributed by atoms with Crippen molar-refractivity contribution < 1.29 is 4.39 Å². The summed E-state index contributed by atoms with van der Waals surface area (Å²) in [6, 6.07) is 12.4. The molecule has 0 atom stereocenters. The minimum atomic E-state index is -0.196. The zero-order chi connectivity index (χ0) is 24.9. The Bertz CT molecular complexity index is 1270. The van der Waals surface area contributed by atoms with Gasteiger partial charge in [0, 0.05) is 57.1 Å². The zero-order valence-corrected chi connectivity index (χ0v) is 21.3. The van der Waals surface area contributed by atoms with E-state index in [1.54, 1.807) is 0 Å². The molecule has 36 heavy (non-hydrogen) atoms. The van der Waals surface area contributed by atoms with E-state index in [1.807, 2.05) is 34.9 Å². The van der Waals surface area contributed by atoms with Crippen molar-refractivity contribution in [1.82, 2.24) is 19.8 Å². The first kappa shape index (κ1) is 24.6. The van der Waals surface area contributed by atoms with Crippen LogP contribution in [0.1, 0.15) is 31.5 Å². The van der Waals surface area contributed by atoms with Gasteiger partial charge in [-0.15, -0.1) is 0 Å². The van der Waals surface area contributed by atoms with Crippen LogP contribution in [0.15, 0.2) is 47.3 Å². The number of fused-ring (bicyclic) bond motifs is 2. The molecule has 0 radical (unpaired) electrons. The Morgan fingerprint density at radius 1 is 1.00 bits per heavy atom. The lowest BCUT2D eigenvalue weighted by atomic mass is 10.2. The van der Waals surface area contributed by atoms with E-state index in [4.69, 9.17) is 17.2 Å². The minimum absolute atomic E-state index is 0.0407. The molecule has 3 aromatic rings. The average Bonchev–Trinajstić information content (AvgIpc) is 3.14. The number of benzene rings is 2. The maximum absolute atomic E-state index is 13.2. The molecule has 5 rings (SSSR count). The highest BCUT2D eigenvalue weighted by molar-refractivity contribution is 7.80. The van der Waals surface area contributed by atoms with Crippen LogP contribution in [0.2, 0.25) is 0 Å². The Labute approximate surface area is 216 Å². The van der Waals surface area contributed by atoms with Gasteiger partial charge in [0.1, 0.15) is 11.6 Å². The van der Waals surface area contributed by atoms with E-state index < -0.39 is 0 Å². The largest absolute Gasteiger partial charge is 0.369 e. The smallest absolute Gasteiger partial charge is 0.261 e. The van der Waals surface area contributed by atoms with Crippen molar-refractivity contribution in [2.75, 3.05) is 49.5 Å². The molecule has 2 N–H and O–H groups in total. The van der Waals surface area contributed by atoms with E-state index in [2.05, 4.69) is 20.4 Å². The van der Waals surface area contributed by atoms with Gasteiger partial charge in [-0.25, -0.2) is 9.37 Å². The van der Waals surface area contributed by atoms with Crippen LogP contribution in [0.3, 0.4) is 0 Å². The molecule has 190 valence electrons. The molecule has 0 amide bonds. The molecule has 1 fully saturated rings. The molecule has 2 aliphatic heterocycles. The maximum Gasteiger partial charge on any atom is 0.261 e. The van der Waals surface area contributed by atoms with Crippen LogP contribution in [-0.4, -0.2) is 58.8 Å². The molecule has 0 unspecified atom stereocenters. The fraction of sp³-hybridized carbons (Fsp3) is 0.444. The van der Waals surface area contributed by atoms with Crippen LogP contribution < -0.4 is 21.1 Å². The molecule has 3 heterocycles. The Balaban J connectivity index is 1.07. The van der Waals surface area contributed by atoms with Crippen molar-refractivity contribution in [2.24, 2.45) is 0 Å². The molecule has 1 saturated heterocycles. The van der Waals surface area contributed by atoms with E-state index in [1.165, 1.54) is 12.1 Å². The van der Waals surface area contributed by atoms with E-state index in [-0.39, 0.29) is 11.4 Å². The van der Waals surface area contributed by atoms with Crippen LogP contribution >= 0.6 is 12.2 Å². The lowest BCUT2D eigenvalue weighted by molar-refractivity contribution is 0.255. The number of halogens is 1. The fourth-order valence-electron chi connectivity index (χ4n) is 5.06. The van der Waals surface area contributed by atoms with Crippen molar-refractivity contribution in [3.8, 4) is 0 Å². The first-order valence-corrected chi connectivity index (χ1v) is 13.3. The Kier molecular flexibility index (Phi) is 7.77. The van der Waals surface area contributed by atoms with Gasteiger partial charge in [0.15, 0.2) is 5.11 Å². The molecule has 2 aromatic carbocycles. The van der Waals surface area contributed by atoms with E-state index in [0.717, 1.165) is 101 Å². The number of piperazine rings is 1. The average molecular weight is 509 g/mol. The lowest BCUT2D eigenvalue weighted by Gasteiger charge is -2.36. The number of hydrogen-bond acceptors (Lipinski definition) is 5. The molecular weight excluding hydrogens is 475 g/mol. The van der Waals surface area contributed by atoms with Crippen molar-refractivity contribution in [1.29, 1.82) is 0 Å². The molecule has 1 aromatic heterocycles. The van der Waals surface area contributed by atoms with Crippen molar-refractivity contribution in [2.45, 2.75) is 38.6 Å². The summed E-state index contributed by atoms with van der Waals surface area (Å²) in [6.45, 7) is 6.38. The quantitative estimate of drug-likeness (QED) is 0.388. The van der Waals surface area contributed by atoms with Crippen LogP contribution in [0.5, 0.6) is 0 Å².